The van der Waals surface area contributed by atoms with Gasteiger partial charge in [0.15, 0.2) is 39.3 Å². The molecule has 3 saturated carbocycles. The Balaban J connectivity index is 0.000000203. The van der Waals surface area contributed by atoms with Gasteiger partial charge in [0.1, 0.15) is 51.9 Å². The first-order valence-electron chi connectivity index (χ1n) is 21.3. The molecule has 0 amide bonds. The first-order chi connectivity index (χ1) is 28.0. The SMILES string of the molecule is CCCC[N+]12CC3([N+](=O)[O-])CC1C(Br)C([N+](=O)[O-])(C3)C2.CCCC[N+]12CC3([N+](=O)[O-])CC1C(Br)C([N+](=O)[O-])(C3)C2.CCCC[N+]12CC3([N+](=O)[O-])CC1C(Br)C([N+](=O)[O-])(C3)C2.[Br-].[Br-].[Br-]. The van der Waals surface area contributed by atoms with Crippen molar-refractivity contribution in [2.75, 3.05) is 58.9 Å². The molecule has 27 heteroatoms. The van der Waals surface area contributed by atoms with Crippen molar-refractivity contribution in [3.8, 4) is 0 Å². The summed E-state index contributed by atoms with van der Waals surface area (Å²) in [5.74, 6) is 0. The second-order valence-electron chi connectivity index (χ2n) is 20.4. The minimum absolute atomic E-state index is 0. The van der Waals surface area contributed by atoms with Gasteiger partial charge in [-0.3, -0.25) is 60.7 Å². The lowest BCUT2D eigenvalue weighted by Gasteiger charge is -2.38. The van der Waals surface area contributed by atoms with E-state index in [1.807, 2.05) is 0 Å². The van der Waals surface area contributed by atoms with E-state index in [1.165, 1.54) is 0 Å². The van der Waals surface area contributed by atoms with Crippen molar-refractivity contribution in [2.45, 2.75) is 164 Å². The van der Waals surface area contributed by atoms with Crippen LogP contribution in [0.5, 0.6) is 0 Å². The molecule has 0 aromatic rings. The van der Waals surface area contributed by atoms with Gasteiger partial charge >= 0.3 is 0 Å². The van der Waals surface area contributed by atoms with Crippen LogP contribution in [0.2, 0.25) is 0 Å². The van der Waals surface area contributed by atoms with Crippen LogP contribution < -0.4 is 50.9 Å². The summed E-state index contributed by atoms with van der Waals surface area (Å²) in [4.78, 5) is 67.4. The Labute approximate surface area is 421 Å². The second kappa shape index (κ2) is 18.2. The summed E-state index contributed by atoms with van der Waals surface area (Å²) in [6, 6.07) is 0.0586. The van der Waals surface area contributed by atoms with Crippen LogP contribution in [0.4, 0.5) is 0 Å². The monoisotopic (exact) mass is 1280 g/mol. The molecule has 12 bridgehead atoms. The van der Waals surface area contributed by atoms with Crippen molar-refractivity contribution >= 4 is 47.8 Å². The van der Waals surface area contributed by atoms with E-state index in [2.05, 4.69) is 68.6 Å². The van der Waals surface area contributed by atoms with Crippen molar-refractivity contribution in [1.29, 1.82) is 0 Å². The third-order valence-electron chi connectivity index (χ3n) is 17.1. The maximum Gasteiger partial charge on any atom is 0.294 e. The van der Waals surface area contributed by atoms with Gasteiger partial charge in [-0.15, -0.1) is 0 Å². The van der Waals surface area contributed by atoms with Crippen LogP contribution >= 0.6 is 47.8 Å². The Morgan fingerprint density at radius 3 is 0.825 bits per heavy atom. The van der Waals surface area contributed by atoms with E-state index < -0.39 is 33.2 Å². The van der Waals surface area contributed by atoms with E-state index in [0.29, 0.717) is 72.0 Å². The van der Waals surface area contributed by atoms with E-state index in [-0.39, 0.29) is 132 Å². The van der Waals surface area contributed by atoms with Gasteiger partial charge < -0.3 is 64.4 Å². The topological polar surface area (TPSA) is 259 Å². The minimum atomic E-state index is -1.15. The molecule has 12 fully saturated rings. The lowest BCUT2D eigenvalue weighted by Crippen LogP contribution is -3.00. The predicted molar refractivity (Wildman–Crippen MR) is 225 cm³/mol. The fraction of sp³-hybridized carbons (Fsp3) is 1.00. The molecule has 3 aliphatic carbocycles. The van der Waals surface area contributed by atoms with Crippen LogP contribution in [0.1, 0.15) is 97.8 Å². The molecular weight excluding hydrogens is 1230 g/mol. The van der Waals surface area contributed by atoms with Crippen LogP contribution in [-0.4, -0.2) is 168 Å². The summed E-state index contributed by atoms with van der Waals surface area (Å²) in [7, 11) is 0. The van der Waals surface area contributed by atoms with E-state index in [0.717, 1.165) is 58.2 Å². The number of piperidine rings is 3. The third-order valence-corrected chi connectivity index (χ3v) is 21.4. The zero-order chi connectivity index (χ0) is 44.3. The number of quaternary nitrogens is 3. The standard InChI is InChI=1S/3C12H19BrN3O4.3BrH/c3*1-2-3-4-16-7-11(14(17)18)5-9(16)10(13)12(6-11,8-16)15(19)20;;;/h3*9-10H,2-8H2,1H3;3*1H/q3*+1;;;/p-3. The number of unbranched alkanes of at least 4 members (excludes halogenated alkanes) is 3. The fourth-order valence-corrected chi connectivity index (χ4v) is 18.4. The first-order valence-corrected chi connectivity index (χ1v) is 24.1. The maximum absolute atomic E-state index is 11.6. The van der Waals surface area contributed by atoms with Crippen LogP contribution in [0.3, 0.4) is 0 Å². The molecule has 0 N–H and O–H groups in total. The fourth-order valence-electron chi connectivity index (χ4n) is 14.9. The summed E-state index contributed by atoms with van der Waals surface area (Å²) >= 11 is 10.6. The van der Waals surface area contributed by atoms with Gasteiger partial charge in [0.25, 0.3) is 33.2 Å². The number of alkyl halides is 3. The Kier molecular flexibility index (Phi) is 15.9. The van der Waals surface area contributed by atoms with E-state index in [9.17, 15) is 60.7 Å². The quantitative estimate of drug-likeness (QED) is 0.0655. The summed E-state index contributed by atoms with van der Waals surface area (Å²) in [5, 5.41) is 69.5. The third kappa shape index (κ3) is 7.66. The number of nitrogens with zero attached hydrogens (tertiary/aromatic N) is 9. The smallest absolute Gasteiger partial charge is 0.294 e. The van der Waals surface area contributed by atoms with Gasteiger partial charge in [-0.1, -0.05) is 87.8 Å². The van der Waals surface area contributed by atoms with Crippen molar-refractivity contribution in [3.05, 3.63) is 60.7 Å². The van der Waals surface area contributed by atoms with Crippen LogP contribution in [0.25, 0.3) is 0 Å². The molecule has 9 saturated heterocycles. The molecule has 0 spiro atoms. The molecule has 0 radical (unpaired) electrons. The summed E-state index contributed by atoms with van der Waals surface area (Å²) in [5.41, 5.74) is -6.68. The zero-order valence-electron chi connectivity index (χ0n) is 35.5. The van der Waals surface area contributed by atoms with Crippen molar-refractivity contribution in [2.24, 2.45) is 0 Å². The van der Waals surface area contributed by atoms with Crippen LogP contribution in [-0.2, 0) is 0 Å². The highest BCUT2D eigenvalue weighted by molar-refractivity contribution is 9.10. The highest BCUT2D eigenvalue weighted by atomic mass is 79.9. The largest absolute Gasteiger partial charge is 1.00 e. The highest BCUT2D eigenvalue weighted by Crippen LogP contribution is 2.62. The molecule has 15 unspecified atom stereocenters. The van der Waals surface area contributed by atoms with Gasteiger partial charge in [-0.2, -0.15) is 0 Å². The molecule has 21 nitrogen and oxygen atoms in total. The summed E-state index contributed by atoms with van der Waals surface area (Å²) in [6.45, 7) is 11.5. The lowest BCUT2D eigenvalue weighted by molar-refractivity contribution is -0.945. The molecule has 0 aromatic heterocycles. The zero-order valence-corrected chi connectivity index (χ0v) is 45.0. The maximum atomic E-state index is 11.6. The molecule has 9 heterocycles. The Morgan fingerprint density at radius 2 is 0.651 bits per heavy atom. The highest BCUT2D eigenvalue weighted by Gasteiger charge is 2.87. The van der Waals surface area contributed by atoms with Gasteiger partial charge in [-0.05, 0) is 19.3 Å². The average Bonchev–Trinajstić information content (AvgIpc) is 3.84. The Bertz CT molecular complexity index is 1680. The van der Waals surface area contributed by atoms with E-state index >= 15 is 0 Å². The molecule has 15 atom stereocenters. The molecular formula is C36H57Br6N9O12. The number of halogens is 6. The van der Waals surface area contributed by atoms with Crippen molar-refractivity contribution < 1.29 is 93.9 Å². The van der Waals surface area contributed by atoms with E-state index in [1.54, 1.807) is 0 Å². The van der Waals surface area contributed by atoms with Crippen LogP contribution in [0, 0.1) is 60.7 Å². The van der Waals surface area contributed by atoms with E-state index in [4.69, 9.17) is 0 Å². The molecule has 63 heavy (non-hydrogen) atoms. The summed E-state index contributed by atoms with van der Waals surface area (Å²) in [6.07, 6.45) is 7.63. The van der Waals surface area contributed by atoms with Crippen LogP contribution in [0.15, 0.2) is 0 Å². The Hall–Kier alpha value is -0.840. The normalized spacial score (nSPS) is 46.4. The Morgan fingerprint density at radius 1 is 0.429 bits per heavy atom. The lowest BCUT2D eigenvalue weighted by atomic mass is 9.73. The first kappa shape index (κ1) is 54.8. The predicted octanol–water partition coefficient (Wildman–Crippen LogP) is -4.23. The van der Waals surface area contributed by atoms with Gasteiger partial charge in [0.05, 0.1) is 38.9 Å². The molecule has 360 valence electrons. The van der Waals surface area contributed by atoms with Gasteiger partial charge in [0.2, 0.25) is 0 Å². The molecule has 12 rings (SSSR count). The molecule has 12 aliphatic rings. The number of hydrogen-bond acceptors (Lipinski definition) is 12. The summed E-state index contributed by atoms with van der Waals surface area (Å²) < 4.78 is 1.73. The minimum Gasteiger partial charge on any atom is -1.00 e. The average molecular weight is 1290 g/mol. The molecule has 9 aliphatic heterocycles. The van der Waals surface area contributed by atoms with Crippen molar-refractivity contribution in [3.63, 3.8) is 0 Å². The molecule has 0 aromatic carbocycles. The van der Waals surface area contributed by atoms with Gasteiger partial charge in [0, 0.05) is 29.5 Å². The number of hydrogen-bond donors (Lipinski definition) is 0. The van der Waals surface area contributed by atoms with Gasteiger partial charge in [-0.25, -0.2) is 0 Å². The second-order valence-corrected chi connectivity index (χ2v) is 23.4. The number of rotatable bonds is 15. The number of nitro groups is 6. The van der Waals surface area contributed by atoms with Crippen molar-refractivity contribution in [1.82, 2.24) is 0 Å².